The monoisotopic (exact) mass is 474 g/mol. The molecule has 0 radical (unpaired) electrons. The fourth-order valence-electron chi connectivity index (χ4n) is 3.93. The number of hydrogen-bond acceptors (Lipinski definition) is 5. The van der Waals surface area contributed by atoms with E-state index in [2.05, 4.69) is 5.32 Å². The minimum Gasteiger partial charge on any atom is -0.454 e. The second-order valence-corrected chi connectivity index (χ2v) is 8.36. The molecule has 5 rings (SSSR count). The number of aromatic nitrogens is 1. The molecule has 7 nitrogen and oxygen atoms in total. The van der Waals surface area contributed by atoms with Crippen LogP contribution < -0.4 is 20.2 Å². The minimum atomic E-state index is -0.434. The van der Waals surface area contributed by atoms with E-state index in [0.29, 0.717) is 33.3 Å². The molecule has 3 aromatic carbocycles. The maximum atomic E-state index is 13.4. The third kappa shape index (κ3) is 4.02. The fourth-order valence-corrected chi connectivity index (χ4v) is 4.06. The Kier molecular flexibility index (Phi) is 5.55. The highest BCUT2D eigenvalue weighted by Crippen LogP contribution is 2.35. The highest BCUT2D eigenvalue weighted by atomic mass is 35.5. The van der Waals surface area contributed by atoms with Gasteiger partial charge in [-0.05, 0) is 42.8 Å². The van der Waals surface area contributed by atoms with E-state index in [-0.39, 0.29) is 30.2 Å². The summed E-state index contributed by atoms with van der Waals surface area (Å²) in [6.07, 6.45) is 1.43. The number of carbonyl (C=O) groups is 2. The SMILES string of the molecule is Cc1ccccc1C(=O)c1cn(CC(=O)Nc2ccc(Cl)cc2)c2cc3c(cc2c1=O)OCO3. The van der Waals surface area contributed by atoms with Gasteiger partial charge in [0, 0.05) is 28.5 Å². The van der Waals surface area contributed by atoms with Gasteiger partial charge in [0.15, 0.2) is 17.3 Å². The number of nitrogens with zero attached hydrogens (tertiary/aromatic N) is 1. The third-order valence-corrected chi connectivity index (χ3v) is 5.90. The van der Waals surface area contributed by atoms with Crippen LogP contribution in [0.3, 0.4) is 0 Å². The van der Waals surface area contributed by atoms with Gasteiger partial charge in [-0.15, -0.1) is 0 Å². The number of carbonyl (C=O) groups excluding carboxylic acids is 2. The van der Waals surface area contributed by atoms with Gasteiger partial charge in [-0.1, -0.05) is 35.9 Å². The zero-order chi connectivity index (χ0) is 23.8. The summed E-state index contributed by atoms with van der Waals surface area (Å²) in [4.78, 5) is 39.6. The lowest BCUT2D eigenvalue weighted by Gasteiger charge is -2.14. The number of pyridine rings is 1. The maximum Gasteiger partial charge on any atom is 0.244 e. The van der Waals surface area contributed by atoms with E-state index >= 15 is 0 Å². The van der Waals surface area contributed by atoms with Crippen LogP contribution >= 0.6 is 11.6 Å². The highest BCUT2D eigenvalue weighted by molar-refractivity contribution is 6.30. The van der Waals surface area contributed by atoms with Gasteiger partial charge in [-0.2, -0.15) is 0 Å². The van der Waals surface area contributed by atoms with Crippen LogP contribution in [0.15, 0.2) is 71.7 Å². The topological polar surface area (TPSA) is 86.6 Å². The van der Waals surface area contributed by atoms with Gasteiger partial charge in [0.1, 0.15) is 6.54 Å². The molecular weight excluding hydrogens is 456 g/mol. The van der Waals surface area contributed by atoms with E-state index in [9.17, 15) is 14.4 Å². The Morgan fingerprint density at radius 2 is 1.71 bits per heavy atom. The molecule has 0 bridgehead atoms. The molecule has 1 N–H and O–H groups in total. The Balaban J connectivity index is 1.60. The molecule has 4 aromatic rings. The summed E-state index contributed by atoms with van der Waals surface area (Å²) in [5.41, 5.74) is 1.76. The Hall–Kier alpha value is -4.10. The normalized spacial score (nSPS) is 12.1. The molecule has 1 aromatic heterocycles. The van der Waals surface area contributed by atoms with E-state index in [4.69, 9.17) is 21.1 Å². The zero-order valence-electron chi connectivity index (χ0n) is 18.1. The lowest BCUT2D eigenvalue weighted by molar-refractivity contribution is -0.116. The number of halogens is 1. The van der Waals surface area contributed by atoms with E-state index in [1.165, 1.54) is 6.20 Å². The highest BCUT2D eigenvalue weighted by Gasteiger charge is 2.23. The van der Waals surface area contributed by atoms with Crippen molar-refractivity contribution < 1.29 is 19.1 Å². The van der Waals surface area contributed by atoms with Gasteiger partial charge >= 0.3 is 0 Å². The van der Waals surface area contributed by atoms with Gasteiger partial charge in [0.25, 0.3) is 0 Å². The number of anilines is 1. The third-order valence-electron chi connectivity index (χ3n) is 5.65. The number of ketones is 1. The molecule has 1 aliphatic heterocycles. The van der Waals surface area contributed by atoms with Crippen LogP contribution in [0.1, 0.15) is 21.5 Å². The molecular formula is C26H19ClN2O5. The summed E-state index contributed by atoms with van der Waals surface area (Å²) in [6, 6.07) is 17.0. The van der Waals surface area contributed by atoms with Gasteiger partial charge in [-0.25, -0.2) is 0 Å². The summed E-state index contributed by atoms with van der Waals surface area (Å²) < 4.78 is 12.5. The second kappa shape index (κ2) is 8.68. The first-order valence-corrected chi connectivity index (χ1v) is 10.9. The van der Waals surface area contributed by atoms with Crippen LogP contribution in [0.25, 0.3) is 10.9 Å². The summed E-state index contributed by atoms with van der Waals surface area (Å²) in [7, 11) is 0. The van der Waals surface area contributed by atoms with E-state index < -0.39 is 11.2 Å². The molecule has 170 valence electrons. The number of ether oxygens (including phenoxy) is 2. The lowest BCUT2D eigenvalue weighted by Crippen LogP contribution is -2.24. The van der Waals surface area contributed by atoms with Crippen LogP contribution in [0.2, 0.25) is 5.02 Å². The molecule has 0 saturated heterocycles. The van der Waals surface area contributed by atoms with Crippen LogP contribution in [0.5, 0.6) is 11.5 Å². The lowest BCUT2D eigenvalue weighted by atomic mass is 9.98. The second-order valence-electron chi connectivity index (χ2n) is 7.92. The summed E-state index contributed by atoms with van der Waals surface area (Å²) in [6.45, 7) is 1.71. The number of fused-ring (bicyclic) bond motifs is 2. The molecule has 2 heterocycles. The van der Waals surface area contributed by atoms with Crippen molar-refractivity contribution in [3.63, 3.8) is 0 Å². The summed E-state index contributed by atoms with van der Waals surface area (Å²) >= 11 is 5.91. The molecule has 0 saturated carbocycles. The van der Waals surface area contributed by atoms with Crippen LogP contribution in [-0.4, -0.2) is 23.1 Å². The molecule has 34 heavy (non-hydrogen) atoms. The minimum absolute atomic E-state index is 0.0278. The van der Waals surface area contributed by atoms with Crippen molar-refractivity contribution in [1.82, 2.24) is 4.57 Å². The summed E-state index contributed by atoms with van der Waals surface area (Å²) in [5.74, 6) is 0.146. The number of hydrogen-bond donors (Lipinski definition) is 1. The molecule has 0 aliphatic carbocycles. The molecule has 0 unspecified atom stereocenters. The molecule has 1 amide bonds. The Morgan fingerprint density at radius 3 is 2.44 bits per heavy atom. The first-order chi connectivity index (χ1) is 16.4. The molecule has 8 heteroatoms. The first-order valence-electron chi connectivity index (χ1n) is 10.5. The number of amides is 1. The van der Waals surface area contributed by atoms with E-state index in [1.54, 1.807) is 53.1 Å². The Bertz CT molecular complexity index is 1510. The molecule has 0 fully saturated rings. The van der Waals surface area contributed by atoms with Crippen molar-refractivity contribution in [2.24, 2.45) is 0 Å². The zero-order valence-corrected chi connectivity index (χ0v) is 18.9. The number of aryl methyl sites for hydroxylation is 1. The van der Waals surface area contributed by atoms with Crippen LogP contribution in [0, 0.1) is 6.92 Å². The molecule has 0 atom stereocenters. The van der Waals surface area contributed by atoms with Crippen molar-refractivity contribution in [1.29, 1.82) is 0 Å². The average Bonchev–Trinajstić information content (AvgIpc) is 3.29. The van der Waals surface area contributed by atoms with Crippen molar-refractivity contribution in [2.45, 2.75) is 13.5 Å². The van der Waals surface area contributed by atoms with Crippen molar-refractivity contribution in [3.8, 4) is 11.5 Å². The van der Waals surface area contributed by atoms with Crippen molar-refractivity contribution >= 4 is 39.9 Å². The largest absolute Gasteiger partial charge is 0.454 e. The summed E-state index contributed by atoms with van der Waals surface area (Å²) in [5, 5.41) is 3.62. The smallest absolute Gasteiger partial charge is 0.244 e. The van der Waals surface area contributed by atoms with E-state index in [1.807, 2.05) is 19.1 Å². The Labute approximate surface area is 199 Å². The van der Waals surface area contributed by atoms with Gasteiger partial charge in [0.2, 0.25) is 18.1 Å². The predicted octanol–water partition coefficient (Wildman–Crippen LogP) is 4.56. The van der Waals surface area contributed by atoms with Crippen molar-refractivity contribution in [2.75, 3.05) is 12.1 Å². The molecule has 1 aliphatic rings. The predicted molar refractivity (Wildman–Crippen MR) is 129 cm³/mol. The van der Waals surface area contributed by atoms with E-state index in [0.717, 1.165) is 5.56 Å². The average molecular weight is 475 g/mol. The first kappa shape index (κ1) is 21.7. The van der Waals surface area contributed by atoms with Crippen LogP contribution in [-0.2, 0) is 11.3 Å². The quantitative estimate of drug-likeness (QED) is 0.428. The van der Waals surface area contributed by atoms with Crippen LogP contribution in [0.4, 0.5) is 5.69 Å². The van der Waals surface area contributed by atoms with Gasteiger partial charge in [0.05, 0.1) is 16.5 Å². The maximum absolute atomic E-state index is 13.4. The van der Waals surface area contributed by atoms with Crippen molar-refractivity contribution in [3.05, 3.63) is 98.8 Å². The number of rotatable bonds is 5. The fraction of sp³-hybridized carbons (Fsp3) is 0.115. The van der Waals surface area contributed by atoms with Gasteiger partial charge < -0.3 is 19.4 Å². The molecule has 0 spiro atoms. The van der Waals surface area contributed by atoms with Gasteiger partial charge in [-0.3, -0.25) is 14.4 Å². The Morgan fingerprint density at radius 1 is 1.00 bits per heavy atom. The number of benzene rings is 3. The standard InChI is InChI=1S/C26H19ClN2O5/c1-15-4-2-3-5-18(15)25(31)20-12-29(13-24(30)28-17-8-6-16(27)7-9-17)21-11-23-22(33-14-34-23)10-19(21)26(20)32/h2-12H,13-14H2,1H3,(H,28,30). The number of nitrogens with one attached hydrogen (secondary N) is 1.